The minimum atomic E-state index is -0.564. The normalized spacial score (nSPS) is 10.7. The molecular weight excluding hydrogens is 330 g/mol. The van der Waals surface area contributed by atoms with Gasteiger partial charge in [-0.05, 0) is 26.0 Å². The van der Waals surface area contributed by atoms with Gasteiger partial charge in [0.05, 0.1) is 23.7 Å². The molecule has 0 radical (unpaired) electrons. The molecule has 4 N–H and O–H groups in total. The SMILES string of the molecule is CCN(CC)c1ccc(-c2cnc(N)c(-n3cc(C(N)=O)cn3)n2)cc1. The highest BCUT2D eigenvalue weighted by atomic mass is 16.1. The van der Waals surface area contributed by atoms with Gasteiger partial charge in [-0.15, -0.1) is 0 Å². The van der Waals surface area contributed by atoms with E-state index in [1.165, 1.54) is 17.1 Å². The van der Waals surface area contributed by atoms with Crippen LogP contribution < -0.4 is 16.4 Å². The molecule has 0 atom stereocenters. The molecule has 0 unspecified atom stereocenters. The van der Waals surface area contributed by atoms with Crippen molar-refractivity contribution in [3.63, 3.8) is 0 Å². The molecule has 26 heavy (non-hydrogen) atoms. The van der Waals surface area contributed by atoms with E-state index >= 15 is 0 Å². The van der Waals surface area contributed by atoms with Gasteiger partial charge in [-0.3, -0.25) is 4.79 Å². The van der Waals surface area contributed by atoms with E-state index in [-0.39, 0.29) is 11.4 Å². The summed E-state index contributed by atoms with van der Waals surface area (Å²) in [5, 5.41) is 4.09. The third-order valence-electron chi connectivity index (χ3n) is 4.16. The monoisotopic (exact) mass is 351 g/mol. The Hall–Kier alpha value is -3.42. The van der Waals surface area contributed by atoms with Crippen LogP contribution in [0.1, 0.15) is 24.2 Å². The van der Waals surface area contributed by atoms with Crippen LogP contribution >= 0.6 is 0 Å². The minimum absolute atomic E-state index is 0.215. The van der Waals surface area contributed by atoms with E-state index in [1.54, 1.807) is 6.20 Å². The molecule has 2 heterocycles. The molecule has 3 rings (SSSR count). The average molecular weight is 351 g/mol. The molecule has 1 amide bonds. The van der Waals surface area contributed by atoms with Crippen LogP contribution in [0.15, 0.2) is 42.9 Å². The quantitative estimate of drug-likeness (QED) is 0.700. The fourth-order valence-corrected chi connectivity index (χ4v) is 2.69. The number of benzene rings is 1. The average Bonchev–Trinajstić information content (AvgIpc) is 3.14. The van der Waals surface area contributed by atoms with Gasteiger partial charge in [-0.25, -0.2) is 14.6 Å². The predicted molar refractivity (Wildman–Crippen MR) is 101 cm³/mol. The van der Waals surface area contributed by atoms with E-state index in [4.69, 9.17) is 11.5 Å². The second-order valence-electron chi connectivity index (χ2n) is 5.72. The van der Waals surface area contributed by atoms with Crippen molar-refractivity contribution in [1.29, 1.82) is 0 Å². The molecule has 0 aliphatic heterocycles. The van der Waals surface area contributed by atoms with Crippen molar-refractivity contribution in [2.45, 2.75) is 13.8 Å². The number of nitrogens with zero attached hydrogens (tertiary/aromatic N) is 5. The fraction of sp³-hybridized carbons (Fsp3) is 0.222. The molecule has 0 aliphatic rings. The number of nitrogen functional groups attached to an aromatic ring is 1. The maximum Gasteiger partial charge on any atom is 0.251 e. The van der Waals surface area contributed by atoms with Crippen molar-refractivity contribution >= 4 is 17.4 Å². The largest absolute Gasteiger partial charge is 0.381 e. The van der Waals surface area contributed by atoms with E-state index in [0.717, 1.165) is 24.3 Å². The smallest absolute Gasteiger partial charge is 0.251 e. The number of hydrogen-bond acceptors (Lipinski definition) is 6. The van der Waals surface area contributed by atoms with Gasteiger partial charge in [0.2, 0.25) is 0 Å². The first-order chi connectivity index (χ1) is 12.5. The second-order valence-corrected chi connectivity index (χ2v) is 5.72. The maximum absolute atomic E-state index is 11.3. The summed E-state index contributed by atoms with van der Waals surface area (Å²) in [5.74, 6) is 0.00128. The Balaban J connectivity index is 1.95. The Labute approximate surface area is 151 Å². The lowest BCUT2D eigenvalue weighted by Crippen LogP contribution is -2.21. The topological polar surface area (TPSA) is 116 Å². The number of carbonyl (C=O) groups excluding carboxylic acids is 1. The van der Waals surface area contributed by atoms with Crippen molar-refractivity contribution in [2.75, 3.05) is 23.7 Å². The molecule has 0 spiro atoms. The minimum Gasteiger partial charge on any atom is -0.381 e. The van der Waals surface area contributed by atoms with Crippen LogP contribution in [0, 0.1) is 0 Å². The van der Waals surface area contributed by atoms with Crippen LogP contribution in [0.25, 0.3) is 17.1 Å². The van der Waals surface area contributed by atoms with Crippen LogP contribution in [0.2, 0.25) is 0 Å². The van der Waals surface area contributed by atoms with Crippen molar-refractivity contribution in [1.82, 2.24) is 19.7 Å². The highest BCUT2D eigenvalue weighted by molar-refractivity contribution is 5.92. The van der Waals surface area contributed by atoms with E-state index < -0.39 is 5.91 Å². The summed E-state index contributed by atoms with van der Waals surface area (Å²) in [6.07, 6.45) is 4.47. The molecule has 8 heteroatoms. The van der Waals surface area contributed by atoms with Gasteiger partial charge in [0.1, 0.15) is 0 Å². The third-order valence-corrected chi connectivity index (χ3v) is 4.16. The van der Waals surface area contributed by atoms with Crippen LogP contribution in [-0.4, -0.2) is 38.7 Å². The molecule has 2 aromatic heterocycles. The highest BCUT2D eigenvalue weighted by Gasteiger charge is 2.12. The number of amides is 1. The molecule has 0 saturated heterocycles. The number of carbonyl (C=O) groups is 1. The summed E-state index contributed by atoms with van der Waals surface area (Å²) in [5.41, 5.74) is 14.2. The van der Waals surface area contributed by atoms with E-state index in [1.807, 2.05) is 12.1 Å². The number of anilines is 2. The number of nitrogens with two attached hydrogens (primary N) is 2. The van der Waals surface area contributed by atoms with Gasteiger partial charge in [-0.1, -0.05) is 12.1 Å². The Bertz CT molecular complexity index is 914. The van der Waals surface area contributed by atoms with Gasteiger partial charge in [-0.2, -0.15) is 5.10 Å². The molecule has 1 aromatic carbocycles. The predicted octanol–water partition coefficient (Wildman–Crippen LogP) is 1.86. The van der Waals surface area contributed by atoms with E-state index in [2.05, 4.69) is 45.9 Å². The standard InChI is InChI=1S/C18H21N7O/c1-3-24(4-2)14-7-5-12(6-8-14)15-10-21-16(19)18(23-15)25-11-13(9-22-25)17(20)26/h5-11H,3-4H2,1-2H3,(H2,19,21)(H2,20,26). The summed E-state index contributed by atoms with van der Waals surface area (Å²) in [7, 11) is 0. The second kappa shape index (κ2) is 7.22. The van der Waals surface area contributed by atoms with Crippen molar-refractivity contribution in [3.8, 4) is 17.1 Å². The zero-order valence-electron chi connectivity index (χ0n) is 14.8. The van der Waals surface area contributed by atoms with Crippen molar-refractivity contribution in [3.05, 3.63) is 48.4 Å². The molecule has 8 nitrogen and oxygen atoms in total. The summed E-state index contributed by atoms with van der Waals surface area (Å²) in [4.78, 5) is 22.3. The van der Waals surface area contributed by atoms with Gasteiger partial charge >= 0.3 is 0 Å². The van der Waals surface area contributed by atoms with E-state index in [0.29, 0.717) is 11.5 Å². The molecule has 0 aliphatic carbocycles. The maximum atomic E-state index is 11.3. The molecule has 0 saturated carbocycles. The van der Waals surface area contributed by atoms with E-state index in [9.17, 15) is 4.79 Å². The first kappa shape index (κ1) is 17.4. The van der Waals surface area contributed by atoms with Crippen LogP contribution in [0.4, 0.5) is 11.5 Å². The molecule has 0 fully saturated rings. The molecular formula is C18H21N7O. The van der Waals surface area contributed by atoms with Gasteiger partial charge in [0.15, 0.2) is 11.6 Å². The van der Waals surface area contributed by atoms with Gasteiger partial charge in [0.25, 0.3) is 5.91 Å². The highest BCUT2D eigenvalue weighted by Crippen LogP contribution is 2.23. The lowest BCUT2D eigenvalue weighted by atomic mass is 10.1. The Morgan fingerprint density at radius 1 is 1.15 bits per heavy atom. The van der Waals surface area contributed by atoms with Crippen LogP contribution in [-0.2, 0) is 0 Å². The fourth-order valence-electron chi connectivity index (χ4n) is 2.69. The molecule has 3 aromatic rings. The Morgan fingerprint density at radius 2 is 1.85 bits per heavy atom. The zero-order valence-corrected chi connectivity index (χ0v) is 14.8. The number of hydrogen-bond donors (Lipinski definition) is 2. The zero-order chi connectivity index (χ0) is 18.7. The summed E-state index contributed by atoms with van der Waals surface area (Å²) in [6, 6.07) is 8.10. The van der Waals surface area contributed by atoms with Crippen LogP contribution in [0.3, 0.4) is 0 Å². The Morgan fingerprint density at radius 3 is 2.42 bits per heavy atom. The lowest BCUT2D eigenvalue weighted by molar-refractivity contribution is 0.100. The van der Waals surface area contributed by atoms with Crippen LogP contribution in [0.5, 0.6) is 0 Å². The van der Waals surface area contributed by atoms with Gasteiger partial charge < -0.3 is 16.4 Å². The first-order valence-electron chi connectivity index (χ1n) is 8.36. The summed E-state index contributed by atoms with van der Waals surface area (Å²) in [6.45, 7) is 6.14. The molecule has 0 bridgehead atoms. The third kappa shape index (κ3) is 3.34. The lowest BCUT2D eigenvalue weighted by Gasteiger charge is -2.21. The first-order valence-corrected chi connectivity index (χ1v) is 8.36. The number of aromatic nitrogens is 4. The summed E-state index contributed by atoms with van der Waals surface area (Å²) >= 11 is 0. The molecule has 134 valence electrons. The Kier molecular flexibility index (Phi) is 4.83. The summed E-state index contributed by atoms with van der Waals surface area (Å²) < 4.78 is 1.40. The van der Waals surface area contributed by atoms with Crippen molar-refractivity contribution < 1.29 is 4.79 Å². The number of rotatable bonds is 6. The number of primary amides is 1. The van der Waals surface area contributed by atoms with Gasteiger partial charge in [0, 0.05) is 30.5 Å². The van der Waals surface area contributed by atoms with Crippen molar-refractivity contribution in [2.24, 2.45) is 5.73 Å².